The number of anilines is 2. The highest BCUT2D eigenvalue weighted by molar-refractivity contribution is 5.50. The van der Waals surface area contributed by atoms with Gasteiger partial charge in [0.15, 0.2) is 0 Å². The summed E-state index contributed by atoms with van der Waals surface area (Å²) in [5.41, 5.74) is 6.81. The summed E-state index contributed by atoms with van der Waals surface area (Å²) in [5, 5.41) is 3.63. The summed E-state index contributed by atoms with van der Waals surface area (Å²) >= 11 is 0. The molecule has 2 rings (SSSR count). The minimum atomic E-state index is 0.588. The van der Waals surface area contributed by atoms with Gasteiger partial charge in [-0.2, -0.15) is 0 Å². The van der Waals surface area contributed by atoms with Crippen molar-refractivity contribution in [2.45, 2.75) is 45.6 Å². The summed E-state index contributed by atoms with van der Waals surface area (Å²) in [4.78, 5) is 4.02. The number of nitrogens with one attached hydrogen (secondary N) is 1. The van der Waals surface area contributed by atoms with E-state index in [1.807, 2.05) is 12.1 Å². The van der Waals surface area contributed by atoms with Crippen molar-refractivity contribution in [3.05, 3.63) is 18.3 Å². The molecule has 3 N–H and O–H groups in total. The van der Waals surface area contributed by atoms with Gasteiger partial charge in [-0.3, -0.25) is 0 Å². The smallest absolute Gasteiger partial charge is 0.125 e. The van der Waals surface area contributed by atoms with Crippen molar-refractivity contribution in [1.82, 2.24) is 4.98 Å². The maximum atomic E-state index is 5.71. The quantitative estimate of drug-likeness (QED) is 0.842. The van der Waals surface area contributed by atoms with E-state index in [1.165, 1.54) is 25.7 Å². The largest absolute Gasteiger partial charge is 0.384 e. The Hall–Kier alpha value is -1.25. The molecule has 1 aliphatic carbocycles. The molecule has 1 aromatic heterocycles. The van der Waals surface area contributed by atoms with E-state index < -0.39 is 0 Å². The van der Waals surface area contributed by atoms with Crippen LogP contribution in [0.25, 0.3) is 0 Å². The lowest BCUT2D eigenvalue weighted by atomic mass is 9.78. The molecule has 3 heteroatoms. The third-order valence-corrected chi connectivity index (χ3v) is 3.81. The molecule has 3 nitrogen and oxygen atoms in total. The Kier molecular flexibility index (Phi) is 3.87. The second-order valence-electron chi connectivity index (χ2n) is 5.41. The van der Waals surface area contributed by atoms with Crippen LogP contribution in [0.5, 0.6) is 0 Å². The number of hydrogen-bond acceptors (Lipinski definition) is 3. The van der Waals surface area contributed by atoms with Crippen LogP contribution in [-0.4, -0.2) is 11.0 Å². The van der Waals surface area contributed by atoms with E-state index in [0.29, 0.717) is 11.9 Å². The van der Waals surface area contributed by atoms with Crippen molar-refractivity contribution < 1.29 is 0 Å². The third kappa shape index (κ3) is 3.11. The zero-order valence-corrected chi connectivity index (χ0v) is 10.8. The highest BCUT2D eigenvalue weighted by atomic mass is 14.9. The molecule has 1 saturated carbocycles. The lowest BCUT2D eigenvalue weighted by molar-refractivity contribution is 0.254. The van der Waals surface area contributed by atoms with Crippen LogP contribution in [0.3, 0.4) is 0 Å². The Morgan fingerprint density at radius 3 is 2.82 bits per heavy atom. The van der Waals surface area contributed by atoms with Crippen molar-refractivity contribution in [1.29, 1.82) is 0 Å². The molecule has 0 amide bonds. The molecule has 1 aliphatic rings. The summed E-state index contributed by atoms with van der Waals surface area (Å²) in [6, 6.07) is 4.51. The van der Waals surface area contributed by atoms with Gasteiger partial charge < -0.3 is 11.1 Å². The van der Waals surface area contributed by atoms with Gasteiger partial charge in [0.05, 0.1) is 0 Å². The molecule has 0 aromatic carbocycles. The van der Waals surface area contributed by atoms with Crippen LogP contribution in [0, 0.1) is 11.8 Å². The van der Waals surface area contributed by atoms with E-state index in [-0.39, 0.29) is 0 Å². The Bertz CT molecular complexity index is 362. The molecule has 94 valence electrons. The fourth-order valence-electron chi connectivity index (χ4n) is 2.89. The van der Waals surface area contributed by atoms with Gasteiger partial charge in [-0.25, -0.2) is 4.98 Å². The zero-order valence-electron chi connectivity index (χ0n) is 10.8. The molecular weight excluding hydrogens is 210 g/mol. The van der Waals surface area contributed by atoms with Crippen LogP contribution < -0.4 is 11.1 Å². The number of aromatic nitrogens is 1. The van der Waals surface area contributed by atoms with E-state index in [9.17, 15) is 0 Å². The second-order valence-corrected chi connectivity index (χ2v) is 5.41. The van der Waals surface area contributed by atoms with Crippen LogP contribution in [0.4, 0.5) is 11.5 Å². The third-order valence-electron chi connectivity index (χ3n) is 3.81. The first-order valence-electron chi connectivity index (χ1n) is 6.65. The van der Waals surface area contributed by atoms with Crippen molar-refractivity contribution in [3.8, 4) is 0 Å². The van der Waals surface area contributed by atoms with E-state index in [0.717, 1.165) is 17.5 Å². The van der Waals surface area contributed by atoms with Crippen LogP contribution in [0.2, 0.25) is 0 Å². The van der Waals surface area contributed by atoms with E-state index in [1.54, 1.807) is 6.20 Å². The van der Waals surface area contributed by atoms with Crippen molar-refractivity contribution in [2.24, 2.45) is 11.8 Å². The number of nitrogens with two attached hydrogens (primary N) is 1. The summed E-state index contributed by atoms with van der Waals surface area (Å²) in [6.45, 7) is 4.65. The van der Waals surface area contributed by atoms with Gasteiger partial charge in [-0.05, 0) is 30.7 Å². The Labute approximate surface area is 104 Å². The fourth-order valence-corrected chi connectivity index (χ4v) is 2.89. The number of rotatable bonds is 3. The number of nitrogens with zero attached hydrogens (tertiary/aromatic N) is 1. The van der Waals surface area contributed by atoms with Gasteiger partial charge in [-0.15, -0.1) is 0 Å². The van der Waals surface area contributed by atoms with Crippen molar-refractivity contribution >= 4 is 11.5 Å². The normalized spacial score (nSPS) is 24.9. The molecule has 0 bridgehead atoms. The van der Waals surface area contributed by atoms with E-state index in [4.69, 9.17) is 5.73 Å². The first-order valence-corrected chi connectivity index (χ1v) is 6.65. The standard InChI is InChI=1S/C14H23N3/c1-10(2)12-5-3-4-6-13(12)17-11-7-8-16-14(15)9-11/h7-10,12-13H,3-6H2,1-2H3,(H3,15,16,17). The van der Waals surface area contributed by atoms with Gasteiger partial charge in [-0.1, -0.05) is 26.7 Å². The molecule has 0 spiro atoms. The summed E-state index contributed by atoms with van der Waals surface area (Å²) in [7, 11) is 0. The molecule has 2 unspecified atom stereocenters. The van der Waals surface area contributed by atoms with Gasteiger partial charge in [0.25, 0.3) is 0 Å². The minimum Gasteiger partial charge on any atom is -0.384 e. The van der Waals surface area contributed by atoms with Crippen LogP contribution >= 0.6 is 0 Å². The predicted octanol–water partition coefficient (Wildman–Crippen LogP) is 3.29. The summed E-state index contributed by atoms with van der Waals surface area (Å²) < 4.78 is 0. The topological polar surface area (TPSA) is 50.9 Å². The molecule has 1 fully saturated rings. The highest BCUT2D eigenvalue weighted by Crippen LogP contribution is 2.32. The molecule has 0 radical (unpaired) electrons. The summed E-state index contributed by atoms with van der Waals surface area (Å²) in [5.74, 6) is 2.11. The highest BCUT2D eigenvalue weighted by Gasteiger charge is 2.27. The van der Waals surface area contributed by atoms with Crippen LogP contribution in [0.1, 0.15) is 39.5 Å². The zero-order chi connectivity index (χ0) is 12.3. The number of nitrogen functional groups attached to an aromatic ring is 1. The maximum Gasteiger partial charge on any atom is 0.125 e. The lowest BCUT2D eigenvalue weighted by Gasteiger charge is -2.35. The second kappa shape index (κ2) is 5.39. The Morgan fingerprint density at radius 1 is 1.35 bits per heavy atom. The van der Waals surface area contributed by atoms with Gasteiger partial charge in [0, 0.05) is 24.0 Å². The average molecular weight is 233 g/mol. The maximum absolute atomic E-state index is 5.71. The molecule has 2 atom stereocenters. The Balaban J connectivity index is 2.05. The first kappa shape index (κ1) is 12.2. The van der Waals surface area contributed by atoms with Crippen LogP contribution in [-0.2, 0) is 0 Å². The van der Waals surface area contributed by atoms with E-state index >= 15 is 0 Å². The van der Waals surface area contributed by atoms with Crippen LogP contribution in [0.15, 0.2) is 18.3 Å². The first-order chi connectivity index (χ1) is 8.16. The molecular formula is C14H23N3. The lowest BCUT2D eigenvalue weighted by Crippen LogP contribution is -2.35. The van der Waals surface area contributed by atoms with Crippen molar-refractivity contribution in [3.63, 3.8) is 0 Å². The molecule has 0 aliphatic heterocycles. The number of hydrogen-bond donors (Lipinski definition) is 2. The SMILES string of the molecule is CC(C)C1CCCCC1Nc1ccnc(N)c1. The molecule has 1 aromatic rings. The molecule has 1 heterocycles. The van der Waals surface area contributed by atoms with Crippen molar-refractivity contribution in [2.75, 3.05) is 11.1 Å². The molecule has 17 heavy (non-hydrogen) atoms. The summed E-state index contributed by atoms with van der Waals surface area (Å²) in [6.07, 6.45) is 7.09. The number of pyridine rings is 1. The fraction of sp³-hybridized carbons (Fsp3) is 0.643. The average Bonchev–Trinajstić information content (AvgIpc) is 2.29. The van der Waals surface area contributed by atoms with E-state index in [2.05, 4.69) is 24.1 Å². The van der Waals surface area contributed by atoms with Gasteiger partial charge in [0.1, 0.15) is 5.82 Å². The Morgan fingerprint density at radius 2 is 2.12 bits per heavy atom. The van der Waals surface area contributed by atoms with Gasteiger partial charge in [0.2, 0.25) is 0 Å². The monoisotopic (exact) mass is 233 g/mol. The molecule has 0 saturated heterocycles. The van der Waals surface area contributed by atoms with Gasteiger partial charge >= 0.3 is 0 Å². The minimum absolute atomic E-state index is 0.588. The predicted molar refractivity (Wildman–Crippen MR) is 72.9 cm³/mol.